The summed E-state index contributed by atoms with van der Waals surface area (Å²) in [6.07, 6.45) is 3.67. The van der Waals surface area contributed by atoms with Crippen molar-refractivity contribution in [2.45, 2.75) is 19.9 Å². The SMILES string of the molecule is C=CC(C)Nc1ccnc(C)c1. The summed E-state index contributed by atoms with van der Waals surface area (Å²) < 4.78 is 0. The van der Waals surface area contributed by atoms with Gasteiger partial charge in [-0.15, -0.1) is 6.58 Å². The number of nitrogens with one attached hydrogen (secondary N) is 1. The first-order chi connectivity index (χ1) is 5.72. The highest BCUT2D eigenvalue weighted by atomic mass is 14.9. The maximum absolute atomic E-state index is 4.11. The van der Waals surface area contributed by atoms with E-state index in [-0.39, 0.29) is 0 Å². The van der Waals surface area contributed by atoms with E-state index >= 15 is 0 Å². The zero-order valence-corrected chi connectivity index (χ0v) is 7.54. The largest absolute Gasteiger partial charge is 0.379 e. The summed E-state index contributed by atoms with van der Waals surface area (Å²) >= 11 is 0. The minimum absolute atomic E-state index is 0.298. The molecule has 0 aliphatic carbocycles. The topological polar surface area (TPSA) is 24.9 Å². The Morgan fingerprint density at radius 1 is 1.67 bits per heavy atom. The van der Waals surface area contributed by atoms with Gasteiger partial charge in [-0.3, -0.25) is 4.98 Å². The van der Waals surface area contributed by atoms with E-state index in [0.29, 0.717) is 6.04 Å². The third-order valence-corrected chi connectivity index (χ3v) is 1.64. The molecule has 0 aliphatic rings. The van der Waals surface area contributed by atoms with Crippen LogP contribution in [0.25, 0.3) is 0 Å². The van der Waals surface area contributed by atoms with Gasteiger partial charge in [0.05, 0.1) is 0 Å². The molecular formula is C10H14N2. The van der Waals surface area contributed by atoms with Crippen molar-refractivity contribution in [2.24, 2.45) is 0 Å². The maximum atomic E-state index is 4.11. The summed E-state index contributed by atoms with van der Waals surface area (Å²) in [6.45, 7) is 7.74. The van der Waals surface area contributed by atoms with Gasteiger partial charge < -0.3 is 5.32 Å². The Morgan fingerprint density at radius 3 is 3.00 bits per heavy atom. The van der Waals surface area contributed by atoms with Gasteiger partial charge >= 0.3 is 0 Å². The molecule has 0 bridgehead atoms. The number of nitrogens with zero attached hydrogens (tertiary/aromatic N) is 1. The van der Waals surface area contributed by atoms with Crippen LogP contribution in [-0.2, 0) is 0 Å². The van der Waals surface area contributed by atoms with Gasteiger partial charge in [-0.1, -0.05) is 6.08 Å². The van der Waals surface area contributed by atoms with E-state index in [0.717, 1.165) is 11.4 Å². The van der Waals surface area contributed by atoms with Crippen molar-refractivity contribution in [1.82, 2.24) is 4.98 Å². The summed E-state index contributed by atoms with van der Waals surface area (Å²) in [7, 11) is 0. The minimum atomic E-state index is 0.298. The lowest BCUT2D eigenvalue weighted by atomic mass is 10.3. The molecule has 2 heteroatoms. The highest BCUT2D eigenvalue weighted by Crippen LogP contribution is 2.08. The Hall–Kier alpha value is -1.31. The fraction of sp³-hybridized carbons (Fsp3) is 0.300. The fourth-order valence-electron chi connectivity index (χ4n) is 0.957. The number of rotatable bonds is 3. The van der Waals surface area contributed by atoms with Crippen LogP contribution in [0.3, 0.4) is 0 Å². The molecule has 0 aromatic carbocycles. The molecule has 1 unspecified atom stereocenters. The third-order valence-electron chi connectivity index (χ3n) is 1.64. The van der Waals surface area contributed by atoms with Crippen molar-refractivity contribution < 1.29 is 0 Å². The molecular weight excluding hydrogens is 148 g/mol. The predicted octanol–water partition coefficient (Wildman–Crippen LogP) is 2.38. The highest BCUT2D eigenvalue weighted by Gasteiger charge is 1.95. The Kier molecular flexibility index (Phi) is 2.86. The first-order valence-electron chi connectivity index (χ1n) is 4.04. The van der Waals surface area contributed by atoms with Crippen LogP contribution in [-0.4, -0.2) is 11.0 Å². The number of aromatic nitrogens is 1. The second-order valence-corrected chi connectivity index (χ2v) is 2.85. The van der Waals surface area contributed by atoms with Gasteiger partial charge in [0.25, 0.3) is 0 Å². The van der Waals surface area contributed by atoms with Gasteiger partial charge in [-0.05, 0) is 26.0 Å². The van der Waals surface area contributed by atoms with E-state index in [4.69, 9.17) is 0 Å². The van der Waals surface area contributed by atoms with Crippen LogP contribution in [0.5, 0.6) is 0 Å². The van der Waals surface area contributed by atoms with Gasteiger partial charge in [-0.25, -0.2) is 0 Å². The molecule has 0 amide bonds. The second-order valence-electron chi connectivity index (χ2n) is 2.85. The first-order valence-corrected chi connectivity index (χ1v) is 4.04. The first kappa shape index (κ1) is 8.78. The van der Waals surface area contributed by atoms with Gasteiger partial charge in [0.2, 0.25) is 0 Å². The van der Waals surface area contributed by atoms with Crippen LogP contribution < -0.4 is 5.32 Å². The number of pyridine rings is 1. The van der Waals surface area contributed by atoms with Gasteiger partial charge in [0, 0.05) is 23.6 Å². The van der Waals surface area contributed by atoms with E-state index in [1.807, 2.05) is 25.1 Å². The lowest BCUT2D eigenvalue weighted by Gasteiger charge is -2.10. The Labute approximate surface area is 73.3 Å². The molecule has 0 radical (unpaired) electrons. The molecule has 1 heterocycles. The molecule has 1 aromatic rings. The van der Waals surface area contributed by atoms with Crippen LogP contribution in [0.1, 0.15) is 12.6 Å². The number of hydrogen-bond acceptors (Lipinski definition) is 2. The molecule has 0 spiro atoms. The summed E-state index contributed by atoms with van der Waals surface area (Å²) in [5, 5.41) is 3.27. The molecule has 1 aromatic heterocycles. The summed E-state index contributed by atoms with van der Waals surface area (Å²) in [4.78, 5) is 4.11. The summed E-state index contributed by atoms with van der Waals surface area (Å²) in [5.74, 6) is 0. The quantitative estimate of drug-likeness (QED) is 0.690. The molecule has 1 N–H and O–H groups in total. The number of aryl methyl sites for hydroxylation is 1. The Bertz CT molecular complexity index is 268. The smallest absolute Gasteiger partial charge is 0.0413 e. The zero-order chi connectivity index (χ0) is 8.97. The van der Waals surface area contributed by atoms with Crippen LogP contribution in [0.4, 0.5) is 5.69 Å². The van der Waals surface area contributed by atoms with Crippen LogP contribution in [0, 0.1) is 6.92 Å². The molecule has 0 fully saturated rings. The molecule has 64 valence electrons. The zero-order valence-electron chi connectivity index (χ0n) is 7.54. The second kappa shape index (κ2) is 3.90. The van der Waals surface area contributed by atoms with Crippen LogP contribution in [0.15, 0.2) is 31.0 Å². The lowest BCUT2D eigenvalue weighted by Crippen LogP contribution is -2.11. The fourth-order valence-corrected chi connectivity index (χ4v) is 0.957. The van der Waals surface area contributed by atoms with E-state index in [9.17, 15) is 0 Å². The molecule has 2 nitrogen and oxygen atoms in total. The monoisotopic (exact) mass is 162 g/mol. The number of anilines is 1. The average molecular weight is 162 g/mol. The third kappa shape index (κ3) is 2.38. The molecule has 0 aliphatic heterocycles. The van der Waals surface area contributed by atoms with E-state index in [1.165, 1.54) is 0 Å². The Balaban J connectivity index is 2.69. The molecule has 1 rings (SSSR count). The van der Waals surface area contributed by atoms with Crippen molar-refractivity contribution in [1.29, 1.82) is 0 Å². The van der Waals surface area contributed by atoms with Gasteiger partial charge in [0.1, 0.15) is 0 Å². The van der Waals surface area contributed by atoms with E-state index < -0.39 is 0 Å². The van der Waals surface area contributed by atoms with E-state index in [1.54, 1.807) is 6.20 Å². The molecule has 0 saturated carbocycles. The average Bonchev–Trinajstić information content (AvgIpc) is 2.04. The van der Waals surface area contributed by atoms with Crippen LogP contribution in [0.2, 0.25) is 0 Å². The predicted molar refractivity (Wildman–Crippen MR) is 52.3 cm³/mol. The standard InChI is InChI=1S/C10H14N2/c1-4-8(2)12-10-5-6-11-9(3)7-10/h4-8H,1H2,2-3H3,(H,11,12). The van der Waals surface area contributed by atoms with Crippen molar-refractivity contribution >= 4 is 5.69 Å². The van der Waals surface area contributed by atoms with Crippen molar-refractivity contribution in [3.63, 3.8) is 0 Å². The van der Waals surface area contributed by atoms with Gasteiger partial charge in [0.15, 0.2) is 0 Å². The van der Waals surface area contributed by atoms with Gasteiger partial charge in [-0.2, -0.15) is 0 Å². The normalized spacial score (nSPS) is 12.2. The summed E-state index contributed by atoms with van der Waals surface area (Å²) in [5.41, 5.74) is 2.12. The highest BCUT2D eigenvalue weighted by molar-refractivity contribution is 5.44. The van der Waals surface area contributed by atoms with E-state index in [2.05, 4.69) is 23.8 Å². The maximum Gasteiger partial charge on any atom is 0.0413 e. The van der Waals surface area contributed by atoms with Crippen molar-refractivity contribution in [2.75, 3.05) is 5.32 Å². The number of hydrogen-bond donors (Lipinski definition) is 1. The summed E-state index contributed by atoms with van der Waals surface area (Å²) in [6, 6.07) is 4.26. The Morgan fingerprint density at radius 2 is 2.42 bits per heavy atom. The molecule has 12 heavy (non-hydrogen) atoms. The lowest BCUT2D eigenvalue weighted by molar-refractivity contribution is 0.997. The minimum Gasteiger partial charge on any atom is -0.379 e. The van der Waals surface area contributed by atoms with Crippen molar-refractivity contribution in [3.05, 3.63) is 36.7 Å². The molecule has 0 saturated heterocycles. The van der Waals surface area contributed by atoms with Crippen molar-refractivity contribution in [3.8, 4) is 0 Å². The van der Waals surface area contributed by atoms with Crippen LogP contribution >= 0.6 is 0 Å². The molecule has 1 atom stereocenters.